The molecule has 0 atom stereocenters. The van der Waals surface area contributed by atoms with Crippen LogP contribution in [0.15, 0.2) is 54.6 Å². The van der Waals surface area contributed by atoms with Crippen LogP contribution < -0.4 is 25.4 Å². The number of halogens is 5. The first-order valence-corrected chi connectivity index (χ1v) is 16.8. The fourth-order valence-electron chi connectivity index (χ4n) is 5.79. The molecule has 1 amide bonds. The number of alkyl halides is 3. The van der Waals surface area contributed by atoms with Gasteiger partial charge in [0.1, 0.15) is 34.3 Å². The van der Waals surface area contributed by atoms with Crippen LogP contribution >= 0.6 is 0 Å². The second kappa shape index (κ2) is 17.0. The molecular weight excluding hydrogens is 715 g/mol. The van der Waals surface area contributed by atoms with Crippen molar-refractivity contribution in [2.24, 2.45) is 0 Å². The number of aromatic nitrogens is 1. The normalized spacial score (nSPS) is 11.6. The summed E-state index contributed by atoms with van der Waals surface area (Å²) in [6.07, 6.45) is -6.42. The largest absolute Gasteiger partial charge is 0.497 e. The van der Waals surface area contributed by atoms with E-state index in [-0.39, 0.29) is 37.4 Å². The zero-order valence-electron chi connectivity index (χ0n) is 31.0. The molecule has 0 spiro atoms. The molecule has 0 saturated carbocycles. The van der Waals surface area contributed by atoms with Gasteiger partial charge in [0, 0.05) is 30.8 Å². The molecule has 0 radical (unpaired) electrons. The maximum Gasteiger partial charge on any atom is 0.418 e. The van der Waals surface area contributed by atoms with Crippen molar-refractivity contribution in [1.29, 1.82) is 0 Å². The topological polar surface area (TPSA) is 125 Å². The van der Waals surface area contributed by atoms with Crippen molar-refractivity contribution in [3.63, 3.8) is 0 Å². The molecule has 1 heterocycles. The molecule has 10 nitrogen and oxygen atoms in total. The van der Waals surface area contributed by atoms with Crippen molar-refractivity contribution >= 4 is 23.6 Å². The molecule has 4 aromatic rings. The third-order valence-electron chi connectivity index (χ3n) is 8.29. The van der Waals surface area contributed by atoms with Gasteiger partial charge >= 0.3 is 18.2 Å². The molecule has 0 fully saturated rings. The summed E-state index contributed by atoms with van der Waals surface area (Å²) >= 11 is 0. The minimum atomic E-state index is -5.09. The highest BCUT2D eigenvalue weighted by Gasteiger charge is 2.40. The number of esters is 1. The van der Waals surface area contributed by atoms with Crippen molar-refractivity contribution in [3.05, 3.63) is 99.6 Å². The Labute approximate surface area is 310 Å². The number of nitrogen functional groups attached to an aromatic ring is 1. The van der Waals surface area contributed by atoms with Gasteiger partial charge in [0.2, 0.25) is 0 Å². The summed E-state index contributed by atoms with van der Waals surface area (Å²) in [5.41, 5.74) is 0.513. The van der Waals surface area contributed by atoms with E-state index in [0.717, 1.165) is 18.2 Å². The van der Waals surface area contributed by atoms with Gasteiger partial charge in [-0.1, -0.05) is 24.3 Å². The van der Waals surface area contributed by atoms with Crippen LogP contribution in [0.25, 0.3) is 11.3 Å². The van der Waals surface area contributed by atoms with E-state index in [1.165, 1.54) is 27.2 Å². The first-order valence-electron chi connectivity index (χ1n) is 16.8. The average Bonchev–Trinajstić information content (AvgIpc) is 3.10. The van der Waals surface area contributed by atoms with Gasteiger partial charge in [0.25, 0.3) is 0 Å². The summed E-state index contributed by atoms with van der Waals surface area (Å²) in [6.45, 7) is 6.28. The van der Waals surface area contributed by atoms with E-state index in [9.17, 15) is 22.8 Å². The maximum atomic E-state index is 16.5. The molecule has 290 valence electrons. The molecule has 0 unspecified atom stereocenters. The molecule has 0 aliphatic rings. The summed E-state index contributed by atoms with van der Waals surface area (Å²) < 4.78 is 98.2. The van der Waals surface area contributed by atoms with Gasteiger partial charge in [-0.15, -0.1) is 0 Å². The van der Waals surface area contributed by atoms with Crippen molar-refractivity contribution in [2.75, 3.05) is 38.5 Å². The quantitative estimate of drug-likeness (QED) is 0.0599. The Morgan fingerprint density at radius 2 is 1.41 bits per heavy atom. The number of aryl methyl sites for hydroxylation is 1. The Bertz CT molecular complexity index is 1910. The Morgan fingerprint density at radius 1 is 0.870 bits per heavy atom. The minimum Gasteiger partial charge on any atom is -0.497 e. The molecule has 0 aliphatic carbocycles. The van der Waals surface area contributed by atoms with Crippen molar-refractivity contribution in [2.45, 2.75) is 65.4 Å². The van der Waals surface area contributed by atoms with Gasteiger partial charge in [0.05, 0.1) is 38.3 Å². The molecule has 4 rings (SSSR count). The zero-order valence-corrected chi connectivity index (χ0v) is 31.0. The van der Waals surface area contributed by atoms with Gasteiger partial charge in [-0.3, -0.25) is 0 Å². The number of nitrogens with one attached hydrogen (secondary N) is 1. The van der Waals surface area contributed by atoms with E-state index in [1.807, 2.05) is 0 Å². The Balaban J connectivity index is 1.93. The number of amides is 1. The molecule has 15 heteroatoms. The first-order chi connectivity index (χ1) is 25.4. The van der Waals surface area contributed by atoms with Gasteiger partial charge < -0.3 is 34.9 Å². The maximum absolute atomic E-state index is 16.5. The zero-order chi connectivity index (χ0) is 40.0. The van der Waals surface area contributed by atoms with Crippen LogP contribution in [-0.2, 0) is 35.2 Å². The number of alkyl carbamates (subject to hydrolysis) is 1. The van der Waals surface area contributed by atoms with Crippen LogP contribution in [0.5, 0.6) is 11.5 Å². The fourth-order valence-corrected chi connectivity index (χ4v) is 5.79. The number of ether oxygens (including phenoxy) is 4. The molecular formula is C39H43F5N4O6. The van der Waals surface area contributed by atoms with Gasteiger partial charge in [-0.2, -0.15) is 13.2 Å². The Morgan fingerprint density at radius 3 is 1.87 bits per heavy atom. The van der Waals surface area contributed by atoms with Crippen molar-refractivity contribution < 1.29 is 50.5 Å². The summed E-state index contributed by atoms with van der Waals surface area (Å²) in [7, 11) is 3.95. The number of pyridine rings is 1. The predicted molar refractivity (Wildman–Crippen MR) is 194 cm³/mol. The standard InChI is InChI=1S/C39H43F5N4O6/c1-22-19-28(48(20-23-10-14-25(51-5)15-11-23)21-24-12-16-26(52-6)17-13-24)47-35(31(22)39(42,43)44)29-27(9-8-18-46-37(50)54-38(2,3)4)32(40)30(36(49)53-7)34(45)33(29)41/h10-17,19H,8-9,18,20-21,45H2,1-7H3,(H,46,50). The number of nitrogens with zero attached hydrogens (tertiary/aromatic N) is 2. The van der Waals surface area contributed by atoms with Crippen LogP contribution in [0.1, 0.15) is 65.4 Å². The number of methoxy groups -OCH3 is 3. The highest BCUT2D eigenvalue weighted by atomic mass is 19.4. The second-order valence-electron chi connectivity index (χ2n) is 13.4. The highest BCUT2D eigenvalue weighted by Crippen LogP contribution is 2.44. The highest BCUT2D eigenvalue weighted by molar-refractivity contribution is 5.97. The minimum absolute atomic E-state index is 0.00935. The summed E-state index contributed by atoms with van der Waals surface area (Å²) in [6, 6.07) is 15.3. The van der Waals surface area contributed by atoms with E-state index in [1.54, 1.807) is 74.2 Å². The fraction of sp³-hybridized carbons (Fsp3) is 0.359. The lowest BCUT2D eigenvalue weighted by molar-refractivity contribution is -0.137. The number of nitrogens with two attached hydrogens (primary N) is 1. The van der Waals surface area contributed by atoms with Crippen LogP contribution in [0.2, 0.25) is 0 Å². The number of carbonyl (C=O) groups is 2. The van der Waals surface area contributed by atoms with Gasteiger partial charge in [-0.25, -0.2) is 23.4 Å². The number of anilines is 2. The molecule has 54 heavy (non-hydrogen) atoms. The number of hydrogen-bond acceptors (Lipinski definition) is 9. The molecule has 1 aromatic heterocycles. The van der Waals surface area contributed by atoms with Crippen molar-refractivity contribution in [3.8, 4) is 22.8 Å². The van der Waals surface area contributed by atoms with E-state index in [0.29, 0.717) is 11.5 Å². The van der Waals surface area contributed by atoms with Crippen LogP contribution in [-0.4, -0.2) is 50.5 Å². The molecule has 3 aromatic carbocycles. The number of hydrogen-bond donors (Lipinski definition) is 2. The lowest BCUT2D eigenvalue weighted by atomic mass is 9.91. The number of benzene rings is 3. The number of carbonyl (C=O) groups excluding carboxylic acids is 2. The van der Waals surface area contributed by atoms with Crippen LogP contribution in [0.4, 0.5) is 38.3 Å². The predicted octanol–water partition coefficient (Wildman–Crippen LogP) is 8.40. The van der Waals surface area contributed by atoms with E-state index in [2.05, 4.69) is 15.0 Å². The van der Waals surface area contributed by atoms with Crippen LogP contribution in [0.3, 0.4) is 0 Å². The van der Waals surface area contributed by atoms with Crippen molar-refractivity contribution in [1.82, 2.24) is 10.3 Å². The summed E-state index contributed by atoms with van der Waals surface area (Å²) in [5, 5.41) is 2.48. The third kappa shape index (κ3) is 9.88. The van der Waals surface area contributed by atoms with Gasteiger partial charge in [-0.05, 0) is 87.6 Å². The SMILES string of the molecule is COC(=O)c1c(N)c(F)c(-c2nc(N(Cc3ccc(OC)cc3)Cc3ccc(OC)cc3)cc(C)c2C(F)(F)F)c(CCCNC(=O)OC(C)(C)C)c1F. The van der Waals surface area contributed by atoms with E-state index >= 15 is 8.78 Å². The second-order valence-corrected chi connectivity index (χ2v) is 13.4. The monoisotopic (exact) mass is 758 g/mol. The van der Waals surface area contributed by atoms with E-state index in [4.69, 9.17) is 19.9 Å². The lowest BCUT2D eigenvalue weighted by Crippen LogP contribution is -2.33. The third-order valence-corrected chi connectivity index (χ3v) is 8.29. The molecule has 0 saturated heterocycles. The Hall–Kier alpha value is -5.60. The lowest BCUT2D eigenvalue weighted by Gasteiger charge is -2.28. The van der Waals surface area contributed by atoms with Gasteiger partial charge in [0.15, 0.2) is 5.82 Å². The summed E-state index contributed by atoms with van der Waals surface area (Å²) in [4.78, 5) is 30.9. The number of rotatable bonds is 13. The van der Waals surface area contributed by atoms with E-state index < -0.39 is 75.5 Å². The Kier molecular flexibility index (Phi) is 13.0. The van der Waals surface area contributed by atoms with Crippen LogP contribution in [0, 0.1) is 18.6 Å². The molecule has 0 bridgehead atoms. The molecule has 3 N–H and O–H groups in total. The average molecular weight is 759 g/mol. The first kappa shape index (κ1) is 41.2. The molecule has 0 aliphatic heterocycles. The smallest absolute Gasteiger partial charge is 0.418 e. The summed E-state index contributed by atoms with van der Waals surface area (Å²) in [5.74, 6) is -3.01.